The highest BCUT2D eigenvalue weighted by Crippen LogP contribution is 2.30. The molecule has 5 heteroatoms. The maximum absolute atomic E-state index is 5.14. The molecule has 1 aromatic heterocycles. The maximum atomic E-state index is 5.14. The van der Waals surface area contributed by atoms with Crippen molar-refractivity contribution < 1.29 is 0 Å². The predicted molar refractivity (Wildman–Crippen MR) is 169 cm³/mol. The molecule has 0 amide bonds. The zero-order valence-electron chi connectivity index (χ0n) is 24.9. The van der Waals surface area contributed by atoms with Crippen LogP contribution in [0.15, 0.2) is 83.8 Å². The number of piperidine rings is 2. The smallest absolute Gasteiger partial charge is 0.116 e. The summed E-state index contributed by atoms with van der Waals surface area (Å²) >= 11 is 0. The Balaban J connectivity index is 1.03. The third-order valence-electron chi connectivity index (χ3n) is 9.05. The Morgan fingerprint density at radius 3 is 2.02 bits per heavy atom. The molecule has 41 heavy (non-hydrogen) atoms. The number of pyridine rings is 1. The fourth-order valence-electron chi connectivity index (χ4n) is 6.71. The van der Waals surface area contributed by atoms with Gasteiger partial charge in [-0.05, 0) is 88.0 Å². The normalized spacial score (nSPS) is 19.3. The molecule has 0 saturated carbocycles. The van der Waals surface area contributed by atoms with Crippen LogP contribution < -0.4 is 0 Å². The van der Waals surface area contributed by atoms with Crippen molar-refractivity contribution in [2.24, 2.45) is 10.9 Å². The predicted octanol–water partition coefficient (Wildman–Crippen LogP) is 6.79. The number of aromatic nitrogens is 1. The quantitative estimate of drug-likeness (QED) is 0.306. The van der Waals surface area contributed by atoms with Gasteiger partial charge >= 0.3 is 0 Å². The summed E-state index contributed by atoms with van der Waals surface area (Å²) < 4.78 is 0. The van der Waals surface area contributed by atoms with Gasteiger partial charge < -0.3 is 4.90 Å². The number of amidine groups is 1. The minimum absolute atomic E-state index is 0.487. The zero-order chi connectivity index (χ0) is 28.2. The lowest BCUT2D eigenvalue weighted by Crippen LogP contribution is -2.40. The summed E-state index contributed by atoms with van der Waals surface area (Å²) in [6.07, 6.45) is 8.75. The third kappa shape index (κ3) is 6.70. The summed E-state index contributed by atoms with van der Waals surface area (Å²) in [6, 6.07) is 22.1. The van der Waals surface area contributed by atoms with E-state index in [-0.39, 0.29) is 0 Å². The molecule has 0 radical (unpaired) electrons. The first-order valence-electron chi connectivity index (χ1n) is 15.3. The van der Waals surface area contributed by atoms with Crippen LogP contribution in [-0.2, 0) is 13.1 Å². The van der Waals surface area contributed by atoms with Gasteiger partial charge in [-0.25, -0.2) is 4.99 Å². The molecule has 0 unspecified atom stereocenters. The first-order valence-corrected chi connectivity index (χ1v) is 15.3. The number of hydrogen-bond donors (Lipinski definition) is 0. The van der Waals surface area contributed by atoms with Crippen molar-refractivity contribution >= 4 is 11.5 Å². The van der Waals surface area contributed by atoms with E-state index in [1.807, 2.05) is 6.20 Å². The Kier molecular flexibility index (Phi) is 8.48. The van der Waals surface area contributed by atoms with Crippen LogP contribution in [-0.4, -0.2) is 58.7 Å². The van der Waals surface area contributed by atoms with Crippen molar-refractivity contribution in [3.63, 3.8) is 0 Å². The summed E-state index contributed by atoms with van der Waals surface area (Å²) in [6.45, 7) is 10.8. The van der Waals surface area contributed by atoms with E-state index in [9.17, 15) is 0 Å². The molecule has 5 nitrogen and oxygen atoms in total. The van der Waals surface area contributed by atoms with Gasteiger partial charge in [-0.2, -0.15) is 0 Å². The Bertz CT molecular complexity index is 1420. The van der Waals surface area contributed by atoms with Crippen LogP contribution in [0.2, 0.25) is 0 Å². The van der Waals surface area contributed by atoms with Crippen molar-refractivity contribution in [1.82, 2.24) is 19.7 Å². The number of likely N-dealkylation sites (tertiary alicyclic amines) is 2. The van der Waals surface area contributed by atoms with E-state index in [4.69, 9.17) is 9.98 Å². The zero-order valence-corrected chi connectivity index (χ0v) is 24.9. The monoisotopic (exact) mass is 545 g/mol. The third-order valence-corrected chi connectivity index (χ3v) is 9.05. The van der Waals surface area contributed by atoms with Gasteiger partial charge in [0.25, 0.3) is 0 Å². The summed E-state index contributed by atoms with van der Waals surface area (Å²) in [5, 5.41) is 0. The Hall–Kier alpha value is -3.50. The molecule has 0 aliphatic carbocycles. The molecule has 6 rings (SSSR count). The van der Waals surface area contributed by atoms with E-state index in [2.05, 4.69) is 108 Å². The first-order chi connectivity index (χ1) is 20.0. The van der Waals surface area contributed by atoms with Crippen molar-refractivity contribution in [3.05, 3.63) is 112 Å². The van der Waals surface area contributed by atoms with Gasteiger partial charge in [-0.3, -0.25) is 14.8 Å². The summed E-state index contributed by atoms with van der Waals surface area (Å²) in [7, 11) is 2.11. The Morgan fingerprint density at radius 2 is 1.39 bits per heavy atom. The second kappa shape index (κ2) is 12.6. The molecule has 0 spiro atoms. The van der Waals surface area contributed by atoms with Gasteiger partial charge in [0, 0.05) is 55.6 Å². The van der Waals surface area contributed by atoms with Gasteiger partial charge in [0.05, 0.1) is 0 Å². The van der Waals surface area contributed by atoms with Crippen molar-refractivity contribution in [3.8, 4) is 0 Å². The minimum Gasteiger partial charge on any atom is -0.332 e. The number of aliphatic imine (C=N–C) groups is 1. The molecular formula is C36H43N5. The molecule has 0 N–H and O–H groups in total. The van der Waals surface area contributed by atoms with Crippen LogP contribution in [0.25, 0.3) is 5.70 Å². The largest absolute Gasteiger partial charge is 0.332 e. The van der Waals surface area contributed by atoms with Gasteiger partial charge in [0.1, 0.15) is 11.5 Å². The molecule has 2 aromatic carbocycles. The maximum Gasteiger partial charge on any atom is 0.116 e. The van der Waals surface area contributed by atoms with Crippen LogP contribution in [0.1, 0.15) is 65.1 Å². The second-order valence-electron chi connectivity index (χ2n) is 12.2. The molecule has 4 heterocycles. The average molecular weight is 546 g/mol. The van der Waals surface area contributed by atoms with E-state index >= 15 is 0 Å². The van der Waals surface area contributed by atoms with Crippen LogP contribution in [0.4, 0.5) is 0 Å². The van der Waals surface area contributed by atoms with Gasteiger partial charge in [0.15, 0.2) is 0 Å². The van der Waals surface area contributed by atoms with Gasteiger partial charge in [-0.15, -0.1) is 0 Å². The lowest BCUT2D eigenvalue weighted by Gasteiger charge is -2.35. The number of nitrogens with zero attached hydrogens (tertiary/aromatic N) is 5. The first kappa shape index (κ1) is 27.7. The standard InChI is InChI=1S/C36H43N5/c1-27-23-28(2)35(37-24-27)32-13-19-40(20-14-32)26-30-9-11-31(12-10-30)34-17-18-39(3)36(38-34)33-15-21-41(22-16-33)25-29-7-5-4-6-8-29/h4-12,18,23-24,32-33H,13-16,19-22,25-26H2,1-3H3. The Labute approximate surface area is 245 Å². The van der Waals surface area contributed by atoms with E-state index in [1.165, 1.54) is 46.6 Å². The fourth-order valence-corrected chi connectivity index (χ4v) is 6.71. The highest BCUT2D eigenvalue weighted by atomic mass is 15.2. The number of aryl methyl sites for hydroxylation is 2. The summed E-state index contributed by atoms with van der Waals surface area (Å²) in [4.78, 5) is 17.3. The van der Waals surface area contributed by atoms with Crippen molar-refractivity contribution in [1.29, 1.82) is 0 Å². The topological polar surface area (TPSA) is 35.0 Å². The lowest BCUT2D eigenvalue weighted by molar-refractivity contribution is 0.198. The van der Waals surface area contributed by atoms with Gasteiger partial charge in [0.2, 0.25) is 0 Å². The van der Waals surface area contributed by atoms with Crippen molar-refractivity contribution in [2.45, 2.75) is 58.5 Å². The number of rotatable bonds is 7. The van der Waals surface area contributed by atoms with Crippen LogP contribution in [0.3, 0.4) is 0 Å². The Morgan fingerprint density at radius 1 is 0.780 bits per heavy atom. The highest BCUT2D eigenvalue weighted by molar-refractivity contribution is 5.92. The minimum atomic E-state index is 0.487. The molecule has 2 saturated heterocycles. The molecule has 212 valence electrons. The SMILES string of the molecule is Cc1cnc(C2CCN(Cc3ccc(C4=C=CN(C)C(C5CCN(Cc6ccccc6)CC5)=N4)cc3)CC2)c(C)c1. The van der Waals surface area contributed by atoms with Crippen molar-refractivity contribution in [2.75, 3.05) is 33.2 Å². The average Bonchev–Trinajstić information content (AvgIpc) is 3.00. The van der Waals surface area contributed by atoms with Crippen LogP contribution in [0.5, 0.6) is 0 Å². The molecule has 3 aromatic rings. The molecule has 0 atom stereocenters. The lowest BCUT2D eigenvalue weighted by atomic mass is 9.90. The number of hydrogen-bond acceptors (Lipinski definition) is 5. The molecule has 3 aliphatic rings. The van der Waals surface area contributed by atoms with Crippen LogP contribution >= 0.6 is 0 Å². The summed E-state index contributed by atoms with van der Waals surface area (Å²) in [5.74, 6) is 2.25. The van der Waals surface area contributed by atoms with E-state index in [1.54, 1.807) is 0 Å². The highest BCUT2D eigenvalue weighted by Gasteiger charge is 2.27. The van der Waals surface area contributed by atoms with E-state index in [0.29, 0.717) is 11.8 Å². The molecule has 0 bridgehead atoms. The summed E-state index contributed by atoms with van der Waals surface area (Å²) in [5.41, 5.74) is 12.2. The van der Waals surface area contributed by atoms with Gasteiger partial charge in [-0.1, -0.05) is 66.4 Å². The van der Waals surface area contributed by atoms with E-state index < -0.39 is 0 Å². The molecule has 2 fully saturated rings. The van der Waals surface area contributed by atoms with E-state index in [0.717, 1.165) is 63.4 Å². The molecule has 3 aliphatic heterocycles. The second-order valence-corrected chi connectivity index (χ2v) is 12.2. The van der Waals surface area contributed by atoms with Crippen LogP contribution in [0, 0.1) is 19.8 Å². The fraction of sp³-hybridized carbons (Fsp3) is 0.417. The molecular weight excluding hydrogens is 502 g/mol. The number of benzene rings is 2.